The van der Waals surface area contributed by atoms with Gasteiger partial charge in [-0.2, -0.15) is 10.1 Å². The molecule has 3 rings (SSSR count). The lowest BCUT2D eigenvalue weighted by Gasteiger charge is -2.22. The molecule has 0 spiro atoms. The first-order valence-corrected chi connectivity index (χ1v) is 10.1. The molecule has 31 heavy (non-hydrogen) atoms. The van der Waals surface area contributed by atoms with Crippen molar-refractivity contribution in [3.8, 4) is 17.2 Å². The van der Waals surface area contributed by atoms with Gasteiger partial charge in [0.05, 0.1) is 21.3 Å². The van der Waals surface area contributed by atoms with E-state index in [-0.39, 0.29) is 0 Å². The summed E-state index contributed by atoms with van der Waals surface area (Å²) in [5.41, 5.74) is 1.43. The molecule has 0 aliphatic carbocycles. The molecule has 0 bridgehead atoms. The van der Waals surface area contributed by atoms with Crippen LogP contribution in [0.25, 0.3) is 5.57 Å². The quantitative estimate of drug-likeness (QED) is 0.481. The predicted octanol–water partition coefficient (Wildman–Crippen LogP) is 3.68. The zero-order chi connectivity index (χ0) is 22.1. The highest BCUT2D eigenvalue weighted by Gasteiger charge is 2.14. The molecule has 1 aromatic carbocycles. The van der Waals surface area contributed by atoms with Crippen LogP contribution in [0.1, 0.15) is 25.1 Å². The number of nitrogens with zero attached hydrogens (tertiary/aromatic N) is 5. The highest BCUT2D eigenvalue weighted by molar-refractivity contribution is 5.86. The van der Waals surface area contributed by atoms with Crippen LogP contribution in [0.5, 0.6) is 17.2 Å². The van der Waals surface area contributed by atoms with Crippen LogP contribution in [0.15, 0.2) is 42.3 Å². The fourth-order valence-corrected chi connectivity index (χ4v) is 3.21. The van der Waals surface area contributed by atoms with Gasteiger partial charge in [-0.25, -0.2) is 9.97 Å². The number of hydrazone groups is 1. The molecule has 2 aromatic rings. The lowest BCUT2D eigenvalue weighted by atomic mass is 10.2. The van der Waals surface area contributed by atoms with E-state index >= 15 is 0 Å². The first kappa shape index (κ1) is 22.1. The summed E-state index contributed by atoms with van der Waals surface area (Å²) in [5, 5.41) is 9.72. The van der Waals surface area contributed by atoms with E-state index in [9.17, 15) is 0 Å². The van der Waals surface area contributed by atoms with E-state index in [2.05, 4.69) is 37.0 Å². The molecule has 0 atom stereocenters. The first-order valence-electron chi connectivity index (χ1n) is 10.1. The van der Waals surface area contributed by atoms with Crippen molar-refractivity contribution in [2.24, 2.45) is 5.10 Å². The molecule has 1 aliphatic rings. The SMILES string of the molecule is C=C/C(=C\C=N/N1CCCCC1)c1ncnc(Nc2cc(OC)c(OC)c(OC)c2)n1. The Morgan fingerprint density at radius 3 is 2.39 bits per heavy atom. The average molecular weight is 425 g/mol. The molecule has 1 aliphatic heterocycles. The number of rotatable bonds is 9. The van der Waals surface area contributed by atoms with Gasteiger partial charge in [-0.1, -0.05) is 12.7 Å². The second-order valence-electron chi connectivity index (χ2n) is 6.78. The Balaban J connectivity index is 1.80. The van der Waals surface area contributed by atoms with Crippen LogP contribution in [0.4, 0.5) is 11.6 Å². The summed E-state index contributed by atoms with van der Waals surface area (Å²) < 4.78 is 16.1. The lowest BCUT2D eigenvalue weighted by molar-refractivity contribution is 0.240. The highest BCUT2D eigenvalue weighted by atomic mass is 16.5. The molecular formula is C22H28N6O3. The zero-order valence-electron chi connectivity index (χ0n) is 18.2. The van der Waals surface area contributed by atoms with Crippen LogP contribution < -0.4 is 19.5 Å². The van der Waals surface area contributed by atoms with Gasteiger partial charge in [0, 0.05) is 42.7 Å². The van der Waals surface area contributed by atoms with Gasteiger partial charge in [-0.05, 0) is 25.3 Å². The second-order valence-corrected chi connectivity index (χ2v) is 6.78. The van der Waals surface area contributed by atoms with E-state index in [0.717, 1.165) is 18.7 Å². The molecule has 1 aromatic heterocycles. The minimum Gasteiger partial charge on any atom is -0.493 e. The lowest BCUT2D eigenvalue weighted by Crippen LogP contribution is -2.24. The molecule has 1 fully saturated rings. The summed E-state index contributed by atoms with van der Waals surface area (Å²) in [5.74, 6) is 2.43. The topological polar surface area (TPSA) is 94.0 Å². The van der Waals surface area contributed by atoms with Crippen molar-refractivity contribution < 1.29 is 14.2 Å². The number of anilines is 2. The maximum atomic E-state index is 5.39. The summed E-state index contributed by atoms with van der Waals surface area (Å²) in [7, 11) is 4.69. The molecule has 9 heteroatoms. The number of ether oxygens (including phenoxy) is 3. The Kier molecular flexibility index (Phi) is 7.80. The molecule has 0 radical (unpaired) electrons. The third-order valence-electron chi connectivity index (χ3n) is 4.79. The van der Waals surface area contributed by atoms with Crippen molar-refractivity contribution in [2.75, 3.05) is 39.7 Å². The monoisotopic (exact) mass is 424 g/mol. The average Bonchev–Trinajstić information content (AvgIpc) is 2.82. The van der Waals surface area contributed by atoms with E-state index in [1.807, 2.05) is 6.08 Å². The number of nitrogens with one attached hydrogen (secondary N) is 1. The van der Waals surface area contributed by atoms with E-state index in [0.29, 0.717) is 34.7 Å². The van der Waals surface area contributed by atoms with Crippen LogP contribution in [0, 0.1) is 0 Å². The maximum Gasteiger partial charge on any atom is 0.230 e. The van der Waals surface area contributed by atoms with Gasteiger partial charge in [0.25, 0.3) is 0 Å². The van der Waals surface area contributed by atoms with Gasteiger partial charge < -0.3 is 19.5 Å². The number of hydrogen-bond donors (Lipinski definition) is 1. The van der Waals surface area contributed by atoms with Gasteiger partial charge in [0.1, 0.15) is 6.33 Å². The van der Waals surface area contributed by atoms with Crippen molar-refractivity contribution in [1.29, 1.82) is 0 Å². The van der Waals surface area contributed by atoms with E-state index in [1.165, 1.54) is 25.6 Å². The largest absolute Gasteiger partial charge is 0.493 e. The Morgan fingerprint density at radius 2 is 1.77 bits per heavy atom. The predicted molar refractivity (Wildman–Crippen MR) is 121 cm³/mol. The Hall–Kier alpha value is -3.62. The summed E-state index contributed by atoms with van der Waals surface area (Å²) in [6.45, 7) is 5.85. The van der Waals surface area contributed by atoms with Crippen molar-refractivity contribution in [3.63, 3.8) is 0 Å². The maximum absolute atomic E-state index is 5.39. The normalized spacial score (nSPS) is 14.4. The molecule has 0 unspecified atom stereocenters. The van der Waals surface area contributed by atoms with Gasteiger partial charge >= 0.3 is 0 Å². The molecule has 9 nitrogen and oxygen atoms in total. The van der Waals surface area contributed by atoms with Crippen LogP contribution in [0.3, 0.4) is 0 Å². The highest BCUT2D eigenvalue weighted by Crippen LogP contribution is 2.40. The molecular weight excluding hydrogens is 396 g/mol. The smallest absolute Gasteiger partial charge is 0.230 e. The Bertz CT molecular complexity index is 929. The zero-order valence-corrected chi connectivity index (χ0v) is 18.2. The van der Waals surface area contributed by atoms with E-state index < -0.39 is 0 Å². The Morgan fingerprint density at radius 1 is 1.06 bits per heavy atom. The molecule has 0 amide bonds. The van der Waals surface area contributed by atoms with Gasteiger partial charge in [-0.15, -0.1) is 0 Å². The van der Waals surface area contributed by atoms with Gasteiger partial charge in [0.15, 0.2) is 17.3 Å². The van der Waals surface area contributed by atoms with Crippen LogP contribution in [0.2, 0.25) is 0 Å². The van der Waals surface area contributed by atoms with E-state index in [4.69, 9.17) is 14.2 Å². The van der Waals surface area contributed by atoms with Crippen molar-refractivity contribution in [3.05, 3.63) is 43.0 Å². The number of aromatic nitrogens is 3. The molecule has 1 saturated heterocycles. The summed E-state index contributed by atoms with van der Waals surface area (Å²) in [6, 6.07) is 3.56. The van der Waals surface area contributed by atoms with Crippen LogP contribution in [-0.2, 0) is 0 Å². The number of piperidine rings is 1. The number of methoxy groups -OCH3 is 3. The minimum absolute atomic E-state index is 0.375. The first-order chi connectivity index (χ1) is 15.2. The molecule has 2 heterocycles. The fourth-order valence-electron chi connectivity index (χ4n) is 3.21. The third-order valence-corrected chi connectivity index (χ3v) is 4.79. The third kappa shape index (κ3) is 5.71. The summed E-state index contributed by atoms with van der Waals surface area (Å²) in [6.07, 6.45) is 10.4. The van der Waals surface area contributed by atoms with E-state index in [1.54, 1.807) is 45.8 Å². The van der Waals surface area contributed by atoms with Gasteiger partial charge in [0.2, 0.25) is 11.7 Å². The number of allylic oxidation sites excluding steroid dienone is 3. The summed E-state index contributed by atoms with van der Waals surface area (Å²) in [4.78, 5) is 13.0. The molecule has 164 valence electrons. The number of benzene rings is 1. The van der Waals surface area contributed by atoms with Gasteiger partial charge in [-0.3, -0.25) is 5.01 Å². The molecule has 1 N–H and O–H groups in total. The van der Waals surface area contributed by atoms with Crippen molar-refractivity contribution >= 4 is 23.4 Å². The van der Waals surface area contributed by atoms with Crippen LogP contribution >= 0.6 is 0 Å². The second kappa shape index (κ2) is 11.0. The summed E-state index contributed by atoms with van der Waals surface area (Å²) >= 11 is 0. The van der Waals surface area contributed by atoms with Crippen molar-refractivity contribution in [1.82, 2.24) is 20.0 Å². The Labute approximate surface area is 182 Å². The number of hydrogen-bond acceptors (Lipinski definition) is 9. The fraction of sp³-hybridized carbons (Fsp3) is 0.364. The molecule has 0 saturated carbocycles. The van der Waals surface area contributed by atoms with Crippen molar-refractivity contribution in [2.45, 2.75) is 19.3 Å². The minimum atomic E-state index is 0.375. The van der Waals surface area contributed by atoms with Crippen LogP contribution in [-0.4, -0.2) is 60.6 Å². The standard InChI is InChI=1S/C22H28N6O3/c1-5-16(9-10-25-28-11-7-6-8-12-28)21-23-15-24-22(27-21)26-17-13-18(29-2)20(31-4)19(14-17)30-3/h5,9-10,13-15H,1,6-8,11-12H2,2-4H3,(H,23,24,26,27)/b16-9+,25-10-.